The number of hydrogen-bond donors (Lipinski definition) is 2. The second-order valence-corrected chi connectivity index (χ2v) is 6.60. The lowest BCUT2D eigenvalue weighted by molar-refractivity contribution is -0.136. The minimum atomic E-state index is -0.722. The SMILES string of the molecule is CC(C)(C)OCc1cccc(CNC(=O)C(=O)Nc2cccnc2)c1. The van der Waals surface area contributed by atoms with Crippen molar-refractivity contribution in [2.75, 3.05) is 5.32 Å². The fourth-order valence-corrected chi connectivity index (χ4v) is 2.02. The number of carbonyl (C=O) groups excluding carboxylic acids is 2. The van der Waals surface area contributed by atoms with E-state index in [1.54, 1.807) is 18.3 Å². The number of hydrogen-bond acceptors (Lipinski definition) is 4. The van der Waals surface area contributed by atoms with E-state index in [1.165, 1.54) is 6.20 Å². The maximum Gasteiger partial charge on any atom is 0.313 e. The first-order chi connectivity index (χ1) is 11.8. The van der Waals surface area contributed by atoms with Crippen molar-refractivity contribution in [2.45, 2.75) is 39.5 Å². The van der Waals surface area contributed by atoms with Gasteiger partial charge < -0.3 is 15.4 Å². The molecule has 2 aromatic rings. The van der Waals surface area contributed by atoms with Gasteiger partial charge in [0.05, 0.1) is 24.1 Å². The van der Waals surface area contributed by atoms with E-state index in [2.05, 4.69) is 15.6 Å². The molecule has 0 fully saturated rings. The van der Waals surface area contributed by atoms with Gasteiger partial charge in [0.1, 0.15) is 0 Å². The van der Waals surface area contributed by atoms with Gasteiger partial charge in [-0.2, -0.15) is 0 Å². The maximum absolute atomic E-state index is 11.9. The molecule has 2 amide bonds. The zero-order chi connectivity index (χ0) is 18.3. The summed E-state index contributed by atoms with van der Waals surface area (Å²) in [5, 5.41) is 5.10. The minimum Gasteiger partial charge on any atom is -0.371 e. The molecule has 0 spiro atoms. The van der Waals surface area contributed by atoms with Gasteiger partial charge in [0, 0.05) is 12.7 Å². The van der Waals surface area contributed by atoms with Crippen molar-refractivity contribution in [1.29, 1.82) is 0 Å². The molecule has 6 heteroatoms. The maximum atomic E-state index is 11.9. The van der Waals surface area contributed by atoms with E-state index in [1.807, 2.05) is 45.0 Å². The lowest BCUT2D eigenvalue weighted by Crippen LogP contribution is -2.35. The molecule has 0 bridgehead atoms. The van der Waals surface area contributed by atoms with Crippen LogP contribution in [0.5, 0.6) is 0 Å². The molecule has 0 unspecified atom stereocenters. The highest BCUT2D eigenvalue weighted by Gasteiger charge is 2.14. The van der Waals surface area contributed by atoms with Crippen molar-refractivity contribution < 1.29 is 14.3 Å². The van der Waals surface area contributed by atoms with Gasteiger partial charge in [-0.25, -0.2) is 0 Å². The molecule has 2 rings (SSSR count). The number of ether oxygens (including phenoxy) is 1. The van der Waals surface area contributed by atoms with Crippen LogP contribution < -0.4 is 10.6 Å². The molecule has 25 heavy (non-hydrogen) atoms. The summed E-state index contributed by atoms with van der Waals surface area (Å²) in [5.74, 6) is -1.42. The van der Waals surface area contributed by atoms with Gasteiger partial charge in [-0.05, 0) is 44.0 Å². The van der Waals surface area contributed by atoms with Crippen LogP contribution in [0.2, 0.25) is 0 Å². The second-order valence-electron chi connectivity index (χ2n) is 6.60. The topological polar surface area (TPSA) is 80.3 Å². The van der Waals surface area contributed by atoms with Gasteiger partial charge >= 0.3 is 11.8 Å². The molecular weight excluding hydrogens is 318 g/mol. The fourth-order valence-electron chi connectivity index (χ4n) is 2.02. The van der Waals surface area contributed by atoms with Crippen molar-refractivity contribution >= 4 is 17.5 Å². The number of anilines is 1. The predicted molar refractivity (Wildman–Crippen MR) is 95.7 cm³/mol. The fraction of sp³-hybridized carbons (Fsp3) is 0.316. The summed E-state index contributed by atoms with van der Waals surface area (Å²) in [6, 6.07) is 11.0. The summed E-state index contributed by atoms with van der Waals surface area (Å²) < 4.78 is 5.74. The molecule has 132 valence electrons. The molecule has 6 nitrogen and oxygen atoms in total. The summed E-state index contributed by atoms with van der Waals surface area (Å²) in [4.78, 5) is 27.6. The van der Waals surface area contributed by atoms with E-state index in [4.69, 9.17) is 4.74 Å². The van der Waals surface area contributed by atoms with Crippen LogP contribution in [0, 0.1) is 0 Å². The van der Waals surface area contributed by atoms with Crippen molar-refractivity contribution in [3.8, 4) is 0 Å². The summed E-state index contributed by atoms with van der Waals surface area (Å²) in [5.41, 5.74) is 2.18. The van der Waals surface area contributed by atoms with Gasteiger partial charge in [-0.3, -0.25) is 14.6 Å². The molecular formula is C19H23N3O3. The number of nitrogens with zero attached hydrogens (tertiary/aromatic N) is 1. The number of aromatic nitrogens is 1. The van der Waals surface area contributed by atoms with Crippen LogP contribution in [0.15, 0.2) is 48.8 Å². The number of benzene rings is 1. The third kappa shape index (κ3) is 6.73. The predicted octanol–water partition coefficient (Wildman–Crippen LogP) is 2.65. The Kier molecular flexibility index (Phi) is 6.25. The molecule has 0 aliphatic carbocycles. The highest BCUT2D eigenvalue weighted by atomic mass is 16.5. The van der Waals surface area contributed by atoms with E-state index < -0.39 is 11.8 Å². The molecule has 1 aromatic heterocycles. The van der Waals surface area contributed by atoms with E-state index in [9.17, 15) is 9.59 Å². The van der Waals surface area contributed by atoms with Gasteiger partial charge in [-0.1, -0.05) is 24.3 Å². The number of rotatable bonds is 5. The third-order valence-electron chi connectivity index (χ3n) is 3.24. The quantitative estimate of drug-likeness (QED) is 0.819. The van der Waals surface area contributed by atoms with Crippen molar-refractivity contribution in [3.05, 3.63) is 59.9 Å². The first kappa shape index (κ1) is 18.6. The molecule has 0 aliphatic heterocycles. The van der Waals surface area contributed by atoms with E-state index in [0.29, 0.717) is 12.3 Å². The molecule has 0 aliphatic rings. The normalized spacial score (nSPS) is 11.0. The first-order valence-corrected chi connectivity index (χ1v) is 8.04. The van der Waals surface area contributed by atoms with Crippen molar-refractivity contribution in [2.24, 2.45) is 0 Å². The van der Waals surface area contributed by atoms with Crippen LogP contribution in [0.25, 0.3) is 0 Å². The molecule has 0 radical (unpaired) electrons. The van der Waals surface area contributed by atoms with Crippen molar-refractivity contribution in [3.63, 3.8) is 0 Å². The van der Waals surface area contributed by atoms with Crippen LogP contribution in [0.4, 0.5) is 5.69 Å². The van der Waals surface area contributed by atoms with Crippen LogP contribution >= 0.6 is 0 Å². The summed E-state index contributed by atoms with van der Waals surface area (Å²) in [6.45, 7) is 6.75. The summed E-state index contributed by atoms with van der Waals surface area (Å²) in [7, 11) is 0. The van der Waals surface area contributed by atoms with Gasteiger partial charge in [0.2, 0.25) is 0 Å². The average molecular weight is 341 g/mol. The number of nitrogens with one attached hydrogen (secondary N) is 2. The van der Waals surface area contributed by atoms with Crippen LogP contribution in [-0.4, -0.2) is 22.4 Å². The van der Waals surface area contributed by atoms with Gasteiger partial charge in [-0.15, -0.1) is 0 Å². The van der Waals surface area contributed by atoms with E-state index in [0.717, 1.165) is 11.1 Å². The Balaban J connectivity index is 1.86. The number of pyridine rings is 1. The third-order valence-corrected chi connectivity index (χ3v) is 3.24. The average Bonchev–Trinajstić information content (AvgIpc) is 2.58. The Morgan fingerprint density at radius 1 is 1.08 bits per heavy atom. The molecule has 0 atom stereocenters. The molecule has 0 saturated carbocycles. The molecule has 1 aromatic carbocycles. The van der Waals surface area contributed by atoms with E-state index >= 15 is 0 Å². The highest BCUT2D eigenvalue weighted by molar-refractivity contribution is 6.39. The van der Waals surface area contributed by atoms with Crippen LogP contribution in [0.3, 0.4) is 0 Å². The Bertz CT molecular complexity index is 724. The largest absolute Gasteiger partial charge is 0.371 e. The minimum absolute atomic E-state index is 0.214. The highest BCUT2D eigenvalue weighted by Crippen LogP contribution is 2.13. The lowest BCUT2D eigenvalue weighted by Gasteiger charge is -2.19. The number of carbonyl (C=O) groups is 2. The number of amides is 2. The zero-order valence-electron chi connectivity index (χ0n) is 14.7. The van der Waals surface area contributed by atoms with Gasteiger partial charge in [0.15, 0.2) is 0 Å². The van der Waals surface area contributed by atoms with Crippen LogP contribution in [0.1, 0.15) is 31.9 Å². The Labute approximate surface area is 147 Å². The van der Waals surface area contributed by atoms with Crippen molar-refractivity contribution in [1.82, 2.24) is 10.3 Å². The Morgan fingerprint density at radius 3 is 2.52 bits per heavy atom. The van der Waals surface area contributed by atoms with E-state index in [-0.39, 0.29) is 12.1 Å². The second kappa shape index (κ2) is 8.39. The molecule has 1 heterocycles. The lowest BCUT2D eigenvalue weighted by atomic mass is 10.1. The zero-order valence-corrected chi connectivity index (χ0v) is 14.7. The van der Waals surface area contributed by atoms with Crippen LogP contribution in [-0.2, 0) is 27.5 Å². The Hall–Kier alpha value is -2.73. The first-order valence-electron chi connectivity index (χ1n) is 8.04. The Morgan fingerprint density at radius 2 is 1.84 bits per heavy atom. The standard InChI is InChI=1S/C19H23N3O3/c1-19(2,3)25-13-15-7-4-6-14(10-15)11-21-17(23)18(24)22-16-8-5-9-20-12-16/h4-10,12H,11,13H2,1-3H3,(H,21,23)(H,22,24). The smallest absolute Gasteiger partial charge is 0.313 e. The summed E-state index contributed by atoms with van der Waals surface area (Å²) >= 11 is 0. The molecule has 0 saturated heterocycles. The monoisotopic (exact) mass is 341 g/mol. The molecule has 2 N–H and O–H groups in total. The summed E-state index contributed by atoms with van der Waals surface area (Å²) in [6.07, 6.45) is 3.07. The van der Waals surface area contributed by atoms with Gasteiger partial charge in [0.25, 0.3) is 0 Å².